The molecule has 5 atom stereocenters. The molecule has 1 heterocycles. The van der Waals surface area contributed by atoms with Crippen LogP contribution in [0.2, 0.25) is 0 Å². The van der Waals surface area contributed by atoms with Gasteiger partial charge in [0.15, 0.2) is 5.82 Å². The molecule has 0 saturated heterocycles. The molecule has 5 unspecified atom stereocenters. The highest BCUT2D eigenvalue weighted by Gasteiger charge is 2.53. The summed E-state index contributed by atoms with van der Waals surface area (Å²) in [5.41, 5.74) is 0. The van der Waals surface area contributed by atoms with Gasteiger partial charge in [0, 0.05) is 6.04 Å². The van der Waals surface area contributed by atoms with E-state index in [-0.39, 0.29) is 0 Å². The first-order chi connectivity index (χ1) is 8.42. The summed E-state index contributed by atoms with van der Waals surface area (Å²) in [4.78, 5) is 0. The van der Waals surface area contributed by atoms with Crippen molar-refractivity contribution >= 4 is 0 Å². The number of aromatic amines is 1. The molecular weight excluding hydrogens is 214 g/mol. The molecule has 0 radical (unpaired) electrons. The zero-order valence-electron chi connectivity index (χ0n) is 9.97. The minimum atomic E-state index is 0.706. The van der Waals surface area contributed by atoms with Gasteiger partial charge in [0.05, 0.1) is 6.54 Å². The van der Waals surface area contributed by atoms with Gasteiger partial charge in [-0.1, -0.05) is 11.6 Å². The Morgan fingerprint density at radius 3 is 3.00 bits per heavy atom. The molecule has 0 aromatic carbocycles. The maximum absolute atomic E-state index is 4.00. The molecule has 3 saturated carbocycles. The lowest BCUT2D eigenvalue weighted by Crippen LogP contribution is -2.39. The van der Waals surface area contributed by atoms with E-state index in [0.29, 0.717) is 6.04 Å². The van der Waals surface area contributed by atoms with Crippen molar-refractivity contribution in [2.45, 2.75) is 44.7 Å². The first-order valence-corrected chi connectivity index (χ1v) is 6.87. The molecular formula is C12H19N5. The van der Waals surface area contributed by atoms with Crippen molar-refractivity contribution in [1.82, 2.24) is 25.9 Å². The summed E-state index contributed by atoms with van der Waals surface area (Å²) in [5, 5.41) is 17.7. The van der Waals surface area contributed by atoms with Crippen LogP contribution in [0, 0.1) is 23.7 Å². The van der Waals surface area contributed by atoms with Crippen LogP contribution in [0.5, 0.6) is 0 Å². The Balaban J connectivity index is 1.41. The quantitative estimate of drug-likeness (QED) is 0.821. The van der Waals surface area contributed by atoms with E-state index in [2.05, 4.69) is 25.9 Å². The monoisotopic (exact) mass is 233 g/mol. The lowest BCUT2D eigenvalue weighted by atomic mass is 9.79. The number of tetrazole rings is 1. The third-order valence-corrected chi connectivity index (χ3v) is 5.34. The van der Waals surface area contributed by atoms with Crippen LogP contribution in [0.1, 0.15) is 37.9 Å². The number of aromatic nitrogens is 4. The molecule has 4 rings (SSSR count). The number of rotatable bonds is 3. The Labute approximate surface area is 101 Å². The predicted molar refractivity (Wildman–Crippen MR) is 61.9 cm³/mol. The third-order valence-electron chi connectivity index (χ3n) is 5.34. The molecule has 2 bridgehead atoms. The number of nitrogens with one attached hydrogen (secondary N) is 2. The zero-order valence-corrected chi connectivity index (χ0v) is 9.97. The summed E-state index contributed by atoms with van der Waals surface area (Å²) in [6, 6.07) is 0.706. The van der Waals surface area contributed by atoms with Gasteiger partial charge in [-0.05, 0) is 49.4 Å². The van der Waals surface area contributed by atoms with Gasteiger partial charge in [-0.25, -0.2) is 0 Å². The van der Waals surface area contributed by atoms with Crippen molar-refractivity contribution < 1.29 is 0 Å². The zero-order chi connectivity index (χ0) is 11.2. The topological polar surface area (TPSA) is 66.5 Å². The minimum Gasteiger partial charge on any atom is -0.307 e. The molecule has 0 spiro atoms. The second kappa shape index (κ2) is 3.77. The van der Waals surface area contributed by atoms with E-state index in [4.69, 9.17) is 0 Å². The smallest absolute Gasteiger partial charge is 0.188 e. The van der Waals surface area contributed by atoms with E-state index < -0.39 is 0 Å². The lowest BCUT2D eigenvalue weighted by Gasteiger charge is -2.31. The lowest BCUT2D eigenvalue weighted by molar-refractivity contribution is 0.207. The second-order valence-electron chi connectivity index (χ2n) is 5.97. The fourth-order valence-corrected chi connectivity index (χ4v) is 4.78. The van der Waals surface area contributed by atoms with Crippen LogP contribution in [0.25, 0.3) is 0 Å². The van der Waals surface area contributed by atoms with Gasteiger partial charge in [-0.15, -0.1) is 10.2 Å². The van der Waals surface area contributed by atoms with Gasteiger partial charge in [0.25, 0.3) is 0 Å². The highest BCUT2D eigenvalue weighted by atomic mass is 15.5. The van der Waals surface area contributed by atoms with E-state index in [9.17, 15) is 0 Å². The van der Waals surface area contributed by atoms with E-state index in [1.54, 1.807) is 0 Å². The van der Waals surface area contributed by atoms with Crippen molar-refractivity contribution in [2.75, 3.05) is 0 Å². The fraction of sp³-hybridized carbons (Fsp3) is 0.917. The molecule has 92 valence electrons. The number of hydrogen-bond donors (Lipinski definition) is 2. The van der Waals surface area contributed by atoms with Crippen LogP contribution in [0.4, 0.5) is 0 Å². The van der Waals surface area contributed by atoms with Crippen LogP contribution < -0.4 is 5.32 Å². The van der Waals surface area contributed by atoms with Crippen LogP contribution >= 0.6 is 0 Å². The summed E-state index contributed by atoms with van der Waals surface area (Å²) in [6.45, 7) is 0.766. The molecule has 0 amide bonds. The maximum Gasteiger partial charge on any atom is 0.188 e. The van der Waals surface area contributed by atoms with Crippen molar-refractivity contribution in [3.05, 3.63) is 5.82 Å². The molecule has 1 aromatic rings. The SMILES string of the molecule is C1CC2C3CC(NCc4nn[nH]n4)C(C3)C2C1. The molecule has 5 heteroatoms. The van der Waals surface area contributed by atoms with Gasteiger partial charge < -0.3 is 5.32 Å². The Hall–Kier alpha value is -0.970. The highest BCUT2D eigenvalue weighted by molar-refractivity contribution is 5.05. The number of hydrogen-bond acceptors (Lipinski definition) is 4. The summed E-state index contributed by atoms with van der Waals surface area (Å²) < 4.78 is 0. The summed E-state index contributed by atoms with van der Waals surface area (Å²) in [6.07, 6.45) is 7.30. The molecule has 0 aliphatic heterocycles. The Kier molecular flexibility index (Phi) is 2.21. The molecule has 3 aliphatic carbocycles. The predicted octanol–water partition coefficient (Wildman–Crippen LogP) is 1.11. The van der Waals surface area contributed by atoms with Crippen LogP contribution in [0.3, 0.4) is 0 Å². The highest BCUT2D eigenvalue weighted by Crippen LogP contribution is 2.58. The molecule has 5 nitrogen and oxygen atoms in total. The average Bonchev–Trinajstić information content (AvgIpc) is 3.08. The first-order valence-electron chi connectivity index (χ1n) is 6.87. The molecule has 17 heavy (non-hydrogen) atoms. The van der Waals surface area contributed by atoms with Gasteiger partial charge in [-0.3, -0.25) is 0 Å². The van der Waals surface area contributed by atoms with Crippen molar-refractivity contribution in [2.24, 2.45) is 23.7 Å². The second-order valence-corrected chi connectivity index (χ2v) is 5.97. The molecule has 1 aromatic heterocycles. The Bertz CT molecular complexity index is 390. The standard InChI is InChI=1S/C12H19N5/c1-2-8-7-4-10(9(8)3-1)11(5-7)13-6-12-14-16-17-15-12/h7-11,13H,1-6H2,(H,14,15,16,17). The summed E-state index contributed by atoms with van der Waals surface area (Å²) in [7, 11) is 0. The van der Waals surface area contributed by atoms with E-state index in [1.807, 2.05) is 0 Å². The molecule has 3 aliphatic rings. The van der Waals surface area contributed by atoms with Crippen molar-refractivity contribution in [3.8, 4) is 0 Å². The Morgan fingerprint density at radius 1 is 1.18 bits per heavy atom. The minimum absolute atomic E-state index is 0.706. The van der Waals surface area contributed by atoms with Crippen molar-refractivity contribution in [3.63, 3.8) is 0 Å². The van der Waals surface area contributed by atoms with Crippen molar-refractivity contribution in [1.29, 1.82) is 0 Å². The maximum atomic E-state index is 4.00. The summed E-state index contributed by atoms with van der Waals surface area (Å²) in [5.74, 6) is 4.82. The van der Waals surface area contributed by atoms with Gasteiger partial charge in [0.2, 0.25) is 0 Å². The van der Waals surface area contributed by atoms with Crippen LogP contribution in [-0.4, -0.2) is 26.7 Å². The number of fused-ring (bicyclic) bond motifs is 5. The van der Waals surface area contributed by atoms with Gasteiger partial charge in [-0.2, -0.15) is 5.21 Å². The van der Waals surface area contributed by atoms with Gasteiger partial charge >= 0.3 is 0 Å². The molecule has 3 fully saturated rings. The van der Waals surface area contributed by atoms with E-state index >= 15 is 0 Å². The third kappa shape index (κ3) is 1.52. The largest absolute Gasteiger partial charge is 0.307 e. The van der Waals surface area contributed by atoms with E-state index in [0.717, 1.165) is 36.0 Å². The molecule has 2 N–H and O–H groups in total. The number of H-pyrrole nitrogens is 1. The number of nitrogens with zero attached hydrogens (tertiary/aromatic N) is 3. The first kappa shape index (κ1) is 10.00. The van der Waals surface area contributed by atoms with Crippen LogP contribution in [0.15, 0.2) is 0 Å². The Morgan fingerprint density at radius 2 is 2.12 bits per heavy atom. The van der Waals surface area contributed by atoms with Crippen LogP contribution in [-0.2, 0) is 6.54 Å². The average molecular weight is 233 g/mol. The van der Waals surface area contributed by atoms with E-state index in [1.165, 1.54) is 32.1 Å². The normalized spacial score (nSPS) is 43.2. The van der Waals surface area contributed by atoms with Gasteiger partial charge in [0.1, 0.15) is 0 Å². The fourth-order valence-electron chi connectivity index (χ4n) is 4.78. The summed E-state index contributed by atoms with van der Waals surface area (Å²) >= 11 is 0.